The van der Waals surface area contributed by atoms with Gasteiger partial charge in [0.2, 0.25) is 5.91 Å². The molecule has 0 aliphatic rings. The number of ether oxygens (including phenoxy) is 1. The molecule has 31 heavy (non-hydrogen) atoms. The van der Waals surface area contributed by atoms with E-state index in [1.54, 1.807) is 0 Å². The number of carboxylic acid groups (broad SMARTS) is 1. The molecule has 0 fully saturated rings. The molecule has 4 N–H and O–H groups in total. The molecule has 0 saturated carbocycles. The summed E-state index contributed by atoms with van der Waals surface area (Å²) < 4.78 is 5.02. The van der Waals surface area contributed by atoms with Gasteiger partial charge >= 0.3 is 12.1 Å². The largest absolute Gasteiger partial charge is 0.480 e. The van der Waals surface area contributed by atoms with Gasteiger partial charge in [-0.2, -0.15) is 0 Å². The molecule has 8 nitrogen and oxygen atoms in total. The van der Waals surface area contributed by atoms with Crippen LogP contribution in [0.2, 0.25) is 0 Å². The lowest BCUT2D eigenvalue weighted by Crippen LogP contribution is -2.44. The summed E-state index contributed by atoms with van der Waals surface area (Å²) in [5.74, 6) is -1.79. The van der Waals surface area contributed by atoms with Crippen LogP contribution in [0.3, 0.4) is 0 Å². The number of carbonyl (C=O) groups excluding carboxylic acids is 2. The van der Waals surface area contributed by atoms with Gasteiger partial charge in [0.25, 0.3) is 0 Å². The van der Waals surface area contributed by atoms with E-state index in [-0.39, 0.29) is 26.0 Å². The molecule has 0 aliphatic heterocycles. The molecule has 8 heteroatoms. The van der Waals surface area contributed by atoms with Crippen molar-refractivity contribution in [1.82, 2.24) is 10.6 Å². The monoisotopic (exact) mass is 428 g/mol. The Morgan fingerprint density at radius 1 is 1.00 bits per heavy atom. The number of carbonyl (C=O) groups is 3. The van der Waals surface area contributed by atoms with Crippen LogP contribution in [0.1, 0.15) is 28.7 Å². The normalized spacial score (nSPS) is 12.5. The van der Waals surface area contributed by atoms with Crippen molar-refractivity contribution in [2.75, 3.05) is 6.54 Å². The second-order valence-corrected chi connectivity index (χ2v) is 7.38. The quantitative estimate of drug-likeness (QED) is 0.459. The molecule has 0 saturated heterocycles. The Kier molecular flexibility index (Phi) is 9.02. The Labute approximate surface area is 181 Å². The third-order valence-corrected chi connectivity index (χ3v) is 4.76. The Bertz CT molecular complexity index is 900. The van der Waals surface area contributed by atoms with Gasteiger partial charge < -0.3 is 25.6 Å². The van der Waals surface area contributed by atoms with E-state index >= 15 is 0 Å². The van der Waals surface area contributed by atoms with Crippen LogP contribution >= 0.6 is 0 Å². The van der Waals surface area contributed by atoms with Crippen molar-refractivity contribution in [3.63, 3.8) is 0 Å². The van der Waals surface area contributed by atoms with Crippen molar-refractivity contribution in [2.45, 2.75) is 45.4 Å². The Morgan fingerprint density at radius 2 is 1.71 bits per heavy atom. The smallest absolute Gasteiger partial charge is 0.407 e. The average molecular weight is 428 g/mol. The van der Waals surface area contributed by atoms with Crippen LogP contribution in [0.15, 0.2) is 48.5 Å². The zero-order chi connectivity index (χ0) is 22.8. The number of amides is 2. The van der Waals surface area contributed by atoms with Crippen molar-refractivity contribution >= 4 is 18.0 Å². The molecule has 0 spiro atoms. The molecule has 0 unspecified atom stereocenters. The van der Waals surface area contributed by atoms with Crippen LogP contribution in [0.4, 0.5) is 4.79 Å². The summed E-state index contributed by atoms with van der Waals surface area (Å²) in [6.45, 7) is 3.78. The summed E-state index contributed by atoms with van der Waals surface area (Å²) in [6.07, 6.45) is -2.13. The van der Waals surface area contributed by atoms with Crippen LogP contribution in [-0.2, 0) is 27.4 Å². The molecule has 166 valence electrons. The number of aliphatic hydroxyl groups excluding tert-OH is 1. The third-order valence-electron chi connectivity index (χ3n) is 4.76. The maximum absolute atomic E-state index is 12.2. The molecule has 0 heterocycles. The number of benzene rings is 2. The van der Waals surface area contributed by atoms with Gasteiger partial charge in [-0.1, -0.05) is 48.5 Å². The van der Waals surface area contributed by atoms with E-state index in [4.69, 9.17) is 4.74 Å². The van der Waals surface area contributed by atoms with Gasteiger partial charge in [-0.05, 0) is 36.1 Å². The second-order valence-electron chi connectivity index (χ2n) is 7.38. The first-order valence-corrected chi connectivity index (χ1v) is 9.95. The van der Waals surface area contributed by atoms with Gasteiger partial charge in [0.05, 0.1) is 12.5 Å². The van der Waals surface area contributed by atoms with Gasteiger partial charge in [0, 0.05) is 13.0 Å². The fourth-order valence-corrected chi connectivity index (χ4v) is 2.88. The summed E-state index contributed by atoms with van der Waals surface area (Å²) in [6, 6.07) is 13.6. The van der Waals surface area contributed by atoms with E-state index in [9.17, 15) is 24.6 Å². The second kappa shape index (κ2) is 11.7. The molecule has 2 rings (SSSR count). The van der Waals surface area contributed by atoms with Crippen LogP contribution in [-0.4, -0.2) is 46.9 Å². The van der Waals surface area contributed by atoms with Crippen molar-refractivity contribution in [2.24, 2.45) is 0 Å². The first-order valence-electron chi connectivity index (χ1n) is 9.95. The van der Waals surface area contributed by atoms with Gasteiger partial charge in [0.15, 0.2) is 0 Å². The number of rotatable bonds is 10. The fourth-order valence-electron chi connectivity index (χ4n) is 2.88. The maximum Gasteiger partial charge on any atom is 0.407 e. The molecule has 0 aliphatic carbocycles. The number of carboxylic acids is 1. The zero-order valence-electron chi connectivity index (χ0n) is 17.6. The van der Waals surface area contributed by atoms with Gasteiger partial charge in [-0.25, -0.2) is 9.59 Å². The van der Waals surface area contributed by atoms with Gasteiger partial charge in [0.1, 0.15) is 12.6 Å². The number of alkyl carbamates (subject to hydrolysis) is 1. The minimum atomic E-state index is -1.18. The summed E-state index contributed by atoms with van der Waals surface area (Å²) in [4.78, 5) is 35.4. The van der Waals surface area contributed by atoms with E-state index in [0.717, 1.165) is 22.3 Å². The van der Waals surface area contributed by atoms with Crippen molar-refractivity contribution in [3.05, 3.63) is 70.8 Å². The number of hydrogen-bond acceptors (Lipinski definition) is 5. The molecule has 2 aromatic rings. The predicted octanol–water partition coefficient (Wildman–Crippen LogP) is 2.09. The highest BCUT2D eigenvalue weighted by Crippen LogP contribution is 2.12. The lowest BCUT2D eigenvalue weighted by Gasteiger charge is -2.17. The zero-order valence-corrected chi connectivity index (χ0v) is 17.6. The number of aryl methyl sites for hydroxylation is 2. The molecule has 2 atom stereocenters. The minimum absolute atomic E-state index is 0.0853. The Hall–Kier alpha value is -3.39. The van der Waals surface area contributed by atoms with Crippen LogP contribution in [0.25, 0.3) is 0 Å². The first kappa shape index (κ1) is 23.9. The number of aliphatic hydroxyl groups is 1. The lowest BCUT2D eigenvalue weighted by atomic mass is 10.0. The highest BCUT2D eigenvalue weighted by Gasteiger charge is 2.22. The standard InChI is InChI=1S/C23H28N2O6/c1-15-8-9-18(10-16(15)2)11-20(22(28)29)25-21(27)12-19(26)13-24-23(30)31-14-17-6-4-3-5-7-17/h3-10,19-20,26H,11-14H2,1-2H3,(H,24,30)(H,25,27)(H,28,29)/t19-,20-/m1/s1. The summed E-state index contributed by atoms with van der Waals surface area (Å²) in [7, 11) is 0. The Balaban J connectivity index is 1.76. The number of aliphatic carboxylic acids is 1. The van der Waals surface area contributed by atoms with Crippen LogP contribution in [0, 0.1) is 13.8 Å². The predicted molar refractivity (Wildman–Crippen MR) is 114 cm³/mol. The molecule has 0 aromatic heterocycles. The Morgan fingerprint density at radius 3 is 2.35 bits per heavy atom. The minimum Gasteiger partial charge on any atom is -0.480 e. The molecule has 0 radical (unpaired) electrons. The van der Waals surface area contributed by atoms with Gasteiger partial charge in [-0.15, -0.1) is 0 Å². The van der Waals surface area contributed by atoms with E-state index in [2.05, 4.69) is 10.6 Å². The van der Waals surface area contributed by atoms with E-state index in [1.807, 2.05) is 62.4 Å². The summed E-state index contributed by atoms with van der Waals surface area (Å²) in [5.41, 5.74) is 3.74. The fraction of sp³-hybridized carbons (Fsp3) is 0.348. The van der Waals surface area contributed by atoms with E-state index < -0.39 is 30.1 Å². The molecule has 2 amide bonds. The number of hydrogen-bond donors (Lipinski definition) is 4. The van der Waals surface area contributed by atoms with Gasteiger partial charge in [-0.3, -0.25) is 4.79 Å². The molecular formula is C23H28N2O6. The summed E-state index contributed by atoms with van der Waals surface area (Å²) >= 11 is 0. The molecule has 2 aromatic carbocycles. The van der Waals surface area contributed by atoms with Crippen molar-refractivity contribution in [1.29, 1.82) is 0 Å². The lowest BCUT2D eigenvalue weighted by molar-refractivity contribution is -0.142. The van der Waals surface area contributed by atoms with Crippen molar-refractivity contribution < 1.29 is 29.3 Å². The number of nitrogens with one attached hydrogen (secondary N) is 2. The van der Waals surface area contributed by atoms with Crippen LogP contribution in [0.5, 0.6) is 0 Å². The van der Waals surface area contributed by atoms with Crippen molar-refractivity contribution in [3.8, 4) is 0 Å². The maximum atomic E-state index is 12.2. The van der Waals surface area contributed by atoms with E-state index in [0.29, 0.717) is 0 Å². The SMILES string of the molecule is Cc1ccc(C[C@@H](NC(=O)C[C@@H](O)CNC(=O)OCc2ccccc2)C(=O)O)cc1C. The highest BCUT2D eigenvalue weighted by atomic mass is 16.5. The average Bonchev–Trinajstić information content (AvgIpc) is 2.73. The topological polar surface area (TPSA) is 125 Å². The van der Waals surface area contributed by atoms with E-state index in [1.165, 1.54) is 0 Å². The third kappa shape index (κ3) is 8.47. The van der Waals surface area contributed by atoms with Crippen LogP contribution < -0.4 is 10.6 Å². The molecule has 0 bridgehead atoms. The summed E-state index contributed by atoms with van der Waals surface area (Å²) in [5, 5.41) is 24.2. The molecular weight excluding hydrogens is 400 g/mol. The highest BCUT2D eigenvalue weighted by molar-refractivity contribution is 5.84. The first-order chi connectivity index (χ1) is 14.7.